The topological polar surface area (TPSA) is 78.0 Å². The smallest absolute Gasteiger partial charge is 0.243 e. The van der Waals surface area contributed by atoms with E-state index >= 15 is 0 Å². The molecule has 1 fully saturated rings. The van der Waals surface area contributed by atoms with Crippen LogP contribution in [0.5, 0.6) is 0 Å². The summed E-state index contributed by atoms with van der Waals surface area (Å²) in [5.41, 5.74) is 2.52. The van der Waals surface area contributed by atoms with Crippen LogP contribution < -0.4 is 0 Å². The van der Waals surface area contributed by atoms with Gasteiger partial charge in [0, 0.05) is 26.2 Å². The molecule has 1 aliphatic heterocycles. The van der Waals surface area contributed by atoms with Crippen molar-refractivity contribution >= 4 is 32.5 Å². The second-order valence-corrected chi connectivity index (χ2v) is 14.7. The first-order chi connectivity index (χ1) is 17.9. The molecule has 0 aromatic heterocycles. The zero-order chi connectivity index (χ0) is 27.9. The molecule has 0 radical (unpaired) electrons. The van der Waals surface area contributed by atoms with Gasteiger partial charge < -0.3 is 4.90 Å². The van der Waals surface area contributed by atoms with E-state index in [1.165, 1.54) is 8.61 Å². The van der Waals surface area contributed by atoms with Crippen LogP contribution in [0, 0.1) is 19.8 Å². The summed E-state index contributed by atoms with van der Waals surface area (Å²) in [4.78, 5) is 2.82. The number of halogens is 1. The molecule has 1 saturated heterocycles. The number of aryl methyl sites for hydroxylation is 2. The number of sulfonamides is 2. The average Bonchev–Trinajstić information content (AvgIpc) is 2.85. The Bertz CT molecular complexity index is 1190. The van der Waals surface area contributed by atoms with Crippen LogP contribution in [0.1, 0.15) is 44.2 Å². The number of benzene rings is 2. The van der Waals surface area contributed by atoms with Crippen LogP contribution in [0.2, 0.25) is 0 Å². The molecule has 0 amide bonds. The minimum absolute atomic E-state index is 0. The lowest BCUT2D eigenvalue weighted by Gasteiger charge is -2.30. The molecule has 1 heterocycles. The predicted molar refractivity (Wildman–Crippen MR) is 161 cm³/mol. The fourth-order valence-electron chi connectivity index (χ4n) is 4.55. The number of nitrogens with zero attached hydrogens (tertiary/aromatic N) is 3. The molecule has 10 heteroatoms. The summed E-state index contributed by atoms with van der Waals surface area (Å²) in [6, 6.07) is 13.7. The van der Waals surface area contributed by atoms with Gasteiger partial charge in [-0.25, -0.2) is 16.8 Å². The third kappa shape index (κ3) is 9.40. The molecular formula is C29H44ClN3O4S2. The lowest BCUT2D eigenvalue weighted by molar-refractivity contribution is 0.233. The van der Waals surface area contributed by atoms with E-state index in [9.17, 15) is 16.8 Å². The standard InChI is InChI=1S/C29H43N3O4S2.ClH/c1-24(2)16-21-30-17-6-19-31(37(33,34)28-12-8-25(3)9-13-28)22-27(5)23-32(20-7-18-30)38(35,36)29-14-10-26(4)11-15-29;/h8-15,24H,5-7,16-23H2,1-4H3;1H. The summed E-state index contributed by atoms with van der Waals surface area (Å²) in [5.74, 6) is 0.552. The van der Waals surface area contributed by atoms with Gasteiger partial charge in [-0.2, -0.15) is 8.61 Å². The molecule has 39 heavy (non-hydrogen) atoms. The lowest BCUT2D eigenvalue weighted by Crippen LogP contribution is -2.41. The van der Waals surface area contributed by atoms with Crippen LogP contribution in [0.15, 0.2) is 70.5 Å². The highest BCUT2D eigenvalue weighted by Gasteiger charge is 2.29. The molecule has 0 atom stereocenters. The molecule has 0 spiro atoms. The number of hydrogen-bond acceptors (Lipinski definition) is 5. The van der Waals surface area contributed by atoms with Crippen LogP contribution in [0.25, 0.3) is 0 Å². The van der Waals surface area contributed by atoms with Crippen molar-refractivity contribution in [1.29, 1.82) is 0 Å². The highest BCUT2D eigenvalue weighted by atomic mass is 35.5. The Morgan fingerprint density at radius 3 is 1.46 bits per heavy atom. The van der Waals surface area contributed by atoms with Crippen molar-refractivity contribution in [1.82, 2.24) is 13.5 Å². The van der Waals surface area contributed by atoms with Crippen LogP contribution in [0.3, 0.4) is 0 Å². The van der Waals surface area contributed by atoms with Crippen molar-refractivity contribution in [3.05, 3.63) is 71.8 Å². The summed E-state index contributed by atoms with van der Waals surface area (Å²) in [7, 11) is -7.53. The zero-order valence-electron chi connectivity index (χ0n) is 23.7. The molecule has 0 saturated carbocycles. The van der Waals surface area contributed by atoms with Gasteiger partial charge in [0.1, 0.15) is 0 Å². The van der Waals surface area contributed by atoms with Gasteiger partial charge >= 0.3 is 0 Å². The first-order valence-corrected chi connectivity index (χ1v) is 16.3. The maximum absolute atomic E-state index is 13.6. The van der Waals surface area contributed by atoms with Crippen molar-refractivity contribution in [2.45, 2.75) is 56.7 Å². The van der Waals surface area contributed by atoms with Crippen LogP contribution in [-0.4, -0.2) is 76.2 Å². The summed E-state index contributed by atoms with van der Waals surface area (Å²) in [5, 5.41) is 0. The highest BCUT2D eigenvalue weighted by molar-refractivity contribution is 7.89. The SMILES string of the molecule is C=C1CN(S(=O)(=O)c2ccc(C)cc2)CCCN(CCC(C)C)CCCN(S(=O)(=O)c2ccc(C)cc2)C1.Cl. The molecule has 1 aliphatic rings. The van der Waals surface area contributed by atoms with Gasteiger partial charge in [0.25, 0.3) is 0 Å². The molecule has 2 aromatic rings. The van der Waals surface area contributed by atoms with Gasteiger partial charge in [-0.15, -0.1) is 12.4 Å². The largest absolute Gasteiger partial charge is 0.303 e. The van der Waals surface area contributed by atoms with Gasteiger partial charge in [-0.1, -0.05) is 55.8 Å². The zero-order valence-corrected chi connectivity index (χ0v) is 26.1. The molecular weight excluding hydrogens is 554 g/mol. The van der Waals surface area contributed by atoms with E-state index in [2.05, 4.69) is 25.3 Å². The average molecular weight is 598 g/mol. The van der Waals surface area contributed by atoms with E-state index in [0.717, 1.165) is 37.2 Å². The van der Waals surface area contributed by atoms with Gasteiger partial charge in [0.2, 0.25) is 20.0 Å². The summed E-state index contributed by atoms with van der Waals surface area (Å²) in [6.45, 7) is 15.6. The quantitative estimate of drug-likeness (QED) is 0.415. The minimum Gasteiger partial charge on any atom is -0.303 e. The molecule has 7 nitrogen and oxygen atoms in total. The lowest BCUT2D eigenvalue weighted by atomic mass is 10.1. The summed E-state index contributed by atoms with van der Waals surface area (Å²) < 4.78 is 57.4. The highest BCUT2D eigenvalue weighted by Crippen LogP contribution is 2.22. The maximum atomic E-state index is 13.6. The number of rotatable bonds is 7. The van der Waals surface area contributed by atoms with E-state index in [-0.39, 0.29) is 35.3 Å². The first kappa shape index (κ1) is 33.5. The van der Waals surface area contributed by atoms with Gasteiger partial charge in [-0.3, -0.25) is 0 Å². The minimum atomic E-state index is -3.77. The third-order valence-corrected chi connectivity index (χ3v) is 10.6. The van der Waals surface area contributed by atoms with Gasteiger partial charge in [0.05, 0.1) is 9.79 Å². The third-order valence-electron chi connectivity index (χ3n) is 6.90. The van der Waals surface area contributed by atoms with Gasteiger partial charge in [0.15, 0.2) is 0 Å². The monoisotopic (exact) mass is 597 g/mol. The second-order valence-electron chi connectivity index (χ2n) is 10.8. The van der Waals surface area contributed by atoms with Crippen LogP contribution in [0.4, 0.5) is 0 Å². The molecule has 2 aromatic carbocycles. The van der Waals surface area contributed by atoms with E-state index < -0.39 is 20.0 Å². The molecule has 3 rings (SSSR count). The van der Waals surface area contributed by atoms with Gasteiger partial charge in [-0.05, 0) is 88.5 Å². The van der Waals surface area contributed by atoms with E-state index in [0.29, 0.717) is 37.4 Å². The molecule has 0 aliphatic carbocycles. The molecule has 0 bridgehead atoms. The molecule has 0 N–H and O–H groups in total. The van der Waals surface area contributed by atoms with Crippen molar-refractivity contribution in [2.75, 3.05) is 45.8 Å². The summed E-state index contributed by atoms with van der Waals surface area (Å²) in [6.07, 6.45) is 2.43. The van der Waals surface area contributed by atoms with Crippen molar-refractivity contribution in [3.8, 4) is 0 Å². The fraction of sp³-hybridized carbons (Fsp3) is 0.517. The first-order valence-electron chi connectivity index (χ1n) is 13.4. The second kappa shape index (κ2) is 14.8. The van der Waals surface area contributed by atoms with Crippen molar-refractivity contribution in [2.24, 2.45) is 5.92 Å². The Labute approximate surface area is 242 Å². The normalized spacial score (nSPS) is 17.8. The fourth-order valence-corrected chi connectivity index (χ4v) is 7.55. The Hall–Kier alpha value is -1.75. The summed E-state index contributed by atoms with van der Waals surface area (Å²) >= 11 is 0. The van der Waals surface area contributed by atoms with E-state index in [1.807, 2.05) is 13.8 Å². The Morgan fingerprint density at radius 2 is 1.10 bits per heavy atom. The Morgan fingerprint density at radius 1 is 0.718 bits per heavy atom. The van der Waals surface area contributed by atoms with E-state index in [1.54, 1.807) is 48.5 Å². The molecule has 218 valence electrons. The Balaban J connectivity index is 0.00000533. The van der Waals surface area contributed by atoms with Crippen molar-refractivity contribution < 1.29 is 16.8 Å². The van der Waals surface area contributed by atoms with Crippen LogP contribution >= 0.6 is 12.4 Å². The predicted octanol–water partition coefficient (Wildman–Crippen LogP) is 5.10. The number of hydrogen-bond donors (Lipinski definition) is 0. The Kier molecular flexibility index (Phi) is 12.7. The maximum Gasteiger partial charge on any atom is 0.243 e. The van der Waals surface area contributed by atoms with Crippen molar-refractivity contribution in [3.63, 3.8) is 0 Å². The van der Waals surface area contributed by atoms with E-state index in [4.69, 9.17) is 0 Å². The van der Waals surface area contributed by atoms with Crippen LogP contribution in [-0.2, 0) is 20.0 Å². The molecule has 0 unspecified atom stereocenters.